The van der Waals surface area contributed by atoms with Crippen LogP contribution in [0.1, 0.15) is 10.4 Å². The highest BCUT2D eigenvalue weighted by atomic mass is 32.2. The third-order valence-corrected chi connectivity index (χ3v) is 5.04. The van der Waals surface area contributed by atoms with Gasteiger partial charge < -0.3 is 10.1 Å². The van der Waals surface area contributed by atoms with Gasteiger partial charge in [-0.05, 0) is 48.5 Å². The van der Waals surface area contributed by atoms with E-state index in [0.717, 1.165) is 5.69 Å². The van der Waals surface area contributed by atoms with Crippen molar-refractivity contribution in [2.75, 3.05) is 17.1 Å². The zero-order valence-corrected chi connectivity index (χ0v) is 15.2. The lowest BCUT2D eigenvalue weighted by atomic mass is 10.2. The SMILES string of the molecule is COC(=O)c1ccc(Nc2ccc(NS(=O)(=O)c3ccccc3)cn2)cc1. The number of nitrogens with one attached hydrogen (secondary N) is 2. The van der Waals surface area contributed by atoms with Crippen LogP contribution in [0, 0.1) is 0 Å². The van der Waals surface area contributed by atoms with Gasteiger partial charge in [-0.1, -0.05) is 18.2 Å². The van der Waals surface area contributed by atoms with Crippen LogP contribution in [0.25, 0.3) is 0 Å². The molecule has 7 nitrogen and oxygen atoms in total. The van der Waals surface area contributed by atoms with E-state index in [2.05, 4.69) is 19.8 Å². The highest BCUT2D eigenvalue weighted by Gasteiger charge is 2.13. The number of rotatable bonds is 6. The maximum Gasteiger partial charge on any atom is 0.337 e. The van der Waals surface area contributed by atoms with E-state index in [1.54, 1.807) is 54.6 Å². The summed E-state index contributed by atoms with van der Waals surface area (Å²) in [6, 6.07) is 18.1. The van der Waals surface area contributed by atoms with E-state index in [1.807, 2.05) is 0 Å². The van der Waals surface area contributed by atoms with Gasteiger partial charge in [0.05, 0.1) is 29.5 Å². The lowest BCUT2D eigenvalue weighted by Crippen LogP contribution is -2.13. The van der Waals surface area contributed by atoms with Gasteiger partial charge in [-0.3, -0.25) is 4.72 Å². The average Bonchev–Trinajstić information content (AvgIpc) is 2.70. The Kier molecular flexibility index (Phi) is 5.37. The lowest BCUT2D eigenvalue weighted by molar-refractivity contribution is 0.0601. The Balaban J connectivity index is 1.68. The minimum absolute atomic E-state index is 0.179. The zero-order valence-electron chi connectivity index (χ0n) is 14.4. The second kappa shape index (κ2) is 7.88. The number of carbonyl (C=O) groups excluding carboxylic acids is 1. The maximum atomic E-state index is 12.3. The molecule has 0 fully saturated rings. The first-order valence-corrected chi connectivity index (χ1v) is 9.45. The Morgan fingerprint density at radius 3 is 2.19 bits per heavy atom. The highest BCUT2D eigenvalue weighted by molar-refractivity contribution is 7.92. The lowest BCUT2D eigenvalue weighted by Gasteiger charge is -2.09. The molecule has 0 bridgehead atoms. The van der Waals surface area contributed by atoms with Crippen LogP contribution in [0.15, 0.2) is 77.8 Å². The number of benzene rings is 2. The van der Waals surface area contributed by atoms with Crippen molar-refractivity contribution in [3.05, 3.63) is 78.5 Å². The fourth-order valence-corrected chi connectivity index (χ4v) is 3.36. The second-order valence-corrected chi connectivity index (χ2v) is 7.23. The van der Waals surface area contributed by atoms with Gasteiger partial charge >= 0.3 is 5.97 Å². The van der Waals surface area contributed by atoms with Gasteiger partial charge in [0.25, 0.3) is 10.0 Å². The molecule has 0 atom stereocenters. The zero-order chi connectivity index (χ0) is 19.3. The summed E-state index contributed by atoms with van der Waals surface area (Å²) < 4.78 is 31.7. The highest BCUT2D eigenvalue weighted by Crippen LogP contribution is 2.19. The number of methoxy groups -OCH3 is 1. The van der Waals surface area contributed by atoms with Crippen molar-refractivity contribution in [3.8, 4) is 0 Å². The number of anilines is 3. The minimum atomic E-state index is -3.65. The second-order valence-electron chi connectivity index (χ2n) is 5.54. The summed E-state index contributed by atoms with van der Waals surface area (Å²) in [6.07, 6.45) is 1.42. The molecule has 0 aliphatic heterocycles. The van der Waals surface area contributed by atoms with E-state index in [9.17, 15) is 13.2 Å². The largest absolute Gasteiger partial charge is 0.465 e. The molecule has 0 amide bonds. The standard InChI is InChI=1S/C19H17N3O4S/c1-26-19(23)14-7-9-15(10-8-14)21-18-12-11-16(13-20-18)22-27(24,25)17-5-3-2-4-6-17/h2-13,22H,1H3,(H,20,21). The first-order chi connectivity index (χ1) is 13.0. The molecular formula is C19H17N3O4S. The number of hydrogen-bond acceptors (Lipinski definition) is 6. The Bertz CT molecular complexity index is 1020. The van der Waals surface area contributed by atoms with Gasteiger partial charge in [-0.15, -0.1) is 0 Å². The Hall–Kier alpha value is -3.39. The number of carbonyl (C=O) groups is 1. The Morgan fingerprint density at radius 2 is 1.59 bits per heavy atom. The molecule has 0 unspecified atom stereocenters. The summed E-state index contributed by atoms with van der Waals surface area (Å²) in [7, 11) is -2.33. The van der Waals surface area contributed by atoms with Crippen molar-refractivity contribution in [1.82, 2.24) is 4.98 Å². The van der Waals surface area contributed by atoms with Crippen molar-refractivity contribution in [2.24, 2.45) is 0 Å². The van der Waals surface area contributed by atoms with Crippen LogP contribution >= 0.6 is 0 Å². The van der Waals surface area contributed by atoms with E-state index in [-0.39, 0.29) is 4.90 Å². The third-order valence-electron chi connectivity index (χ3n) is 3.65. The van der Waals surface area contributed by atoms with Crippen molar-refractivity contribution in [2.45, 2.75) is 4.90 Å². The quantitative estimate of drug-likeness (QED) is 0.633. The van der Waals surface area contributed by atoms with Crippen LogP contribution in [0.4, 0.5) is 17.2 Å². The molecule has 0 saturated heterocycles. The van der Waals surface area contributed by atoms with Gasteiger partial charge in [0.1, 0.15) is 5.82 Å². The molecule has 138 valence electrons. The molecule has 0 saturated carbocycles. The minimum Gasteiger partial charge on any atom is -0.465 e. The molecule has 3 rings (SSSR count). The first kappa shape index (κ1) is 18.4. The average molecular weight is 383 g/mol. The fourth-order valence-electron chi connectivity index (χ4n) is 2.30. The number of hydrogen-bond donors (Lipinski definition) is 2. The van der Waals surface area contributed by atoms with E-state index in [0.29, 0.717) is 17.1 Å². The summed E-state index contributed by atoms with van der Waals surface area (Å²) in [6.45, 7) is 0. The summed E-state index contributed by atoms with van der Waals surface area (Å²) in [5, 5.41) is 3.07. The number of nitrogens with zero attached hydrogens (tertiary/aromatic N) is 1. The van der Waals surface area contributed by atoms with E-state index in [1.165, 1.54) is 25.4 Å². The molecule has 0 radical (unpaired) electrons. The Labute approximate surface area is 157 Å². The molecule has 2 aromatic carbocycles. The fraction of sp³-hybridized carbons (Fsp3) is 0.0526. The summed E-state index contributed by atoms with van der Waals surface area (Å²) in [5.41, 5.74) is 1.53. The number of pyridine rings is 1. The van der Waals surface area contributed by atoms with Crippen molar-refractivity contribution >= 4 is 33.2 Å². The van der Waals surface area contributed by atoms with Gasteiger partial charge in [-0.25, -0.2) is 18.2 Å². The Morgan fingerprint density at radius 1 is 0.926 bits per heavy atom. The third kappa shape index (κ3) is 4.62. The summed E-state index contributed by atoms with van der Waals surface area (Å²) in [5.74, 6) is 0.123. The van der Waals surface area contributed by atoms with Gasteiger partial charge in [0.15, 0.2) is 0 Å². The molecule has 1 heterocycles. The molecule has 1 aromatic heterocycles. The van der Waals surface area contributed by atoms with Crippen LogP contribution in [0.3, 0.4) is 0 Å². The molecular weight excluding hydrogens is 366 g/mol. The number of sulfonamides is 1. The molecule has 27 heavy (non-hydrogen) atoms. The molecule has 8 heteroatoms. The molecule has 0 spiro atoms. The summed E-state index contributed by atoms with van der Waals surface area (Å²) >= 11 is 0. The van der Waals surface area contributed by atoms with E-state index >= 15 is 0 Å². The maximum absolute atomic E-state index is 12.3. The predicted octanol–water partition coefficient (Wildman–Crippen LogP) is 3.41. The molecule has 0 aliphatic rings. The first-order valence-electron chi connectivity index (χ1n) is 7.97. The van der Waals surface area contributed by atoms with E-state index < -0.39 is 16.0 Å². The van der Waals surface area contributed by atoms with Crippen LogP contribution in [0.2, 0.25) is 0 Å². The van der Waals surface area contributed by atoms with Crippen LogP contribution in [-0.4, -0.2) is 26.5 Å². The number of esters is 1. The molecule has 0 aliphatic carbocycles. The molecule has 3 aromatic rings. The normalized spacial score (nSPS) is 10.9. The monoisotopic (exact) mass is 383 g/mol. The van der Waals surface area contributed by atoms with Crippen LogP contribution in [0.5, 0.6) is 0 Å². The van der Waals surface area contributed by atoms with Crippen molar-refractivity contribution in [3.63, 3.8) is 0 Å². The van der Waals surface area contributed by atoms with Gasteiger partial charge in [0.2, 0.25) is 0 Å². The van der Waals surface area contributed by atoms with Crippen molar-refractivity contribution < 1.29 is 17.9 Å². The van der Waals surface area contributed by atoms with E-state index in [4.69, 9.17) is 0 Å². The van der Waals surface area contributed by atoms with Gasteiger partial charge in [0, 0.05) is 5.69 Å². The van der Waals surface area contributed by atoms with Crippen molar-refractivity contribution in [1.29, 1.82) is 0 Å². The summed E-state index contributed by atoms with van der Waals surface area (Å²) in [4.78, 5) is 15.8. The number of ether oxygens (including phenoxy) is 1. The molecule has 2 N–H and O–H groups in total. The van der Waals surface area contributed by atoms with Crippen LogP contribution < -0.4 is 10.0 Å². The van der Waals surface area contributed by atoms with Gasteiger partial charge in [-0.2, -0.15) is 0 Å². The van der Waals surface area contributed by atoms with Crippen LogP contribution in [-0.2, 0) is 14.8 Å². The smallest absolute Gasteiger partial charge is 0.337 e. The number of aromatic nitrogens is 1. The topological polar surface area (TPSA) is 97.4 Å². The predicted molar refractivity (Wildman–Crippen MR) is 103 cm³/mol.